The summed E-state index contributed by atoms with van der Waals surface area (Å²) in [4.78, 5) is 2.58. The number of aromatic nitrogens is 2. The zero-order valence-corrected chi connectivity index (χ0v) is 17.1. The molecule has 0 aliphatic carbocycles. The van der Waals surface area contributed by atoms with Gasteiger partial charge in [0.1, 0.15) is 0 Å². The summed E-state index contributed by atoms with van der Waals surface area (Å²) in [5.41, 5.74) is 6.11. The maximum absolute atomic E-state index is 4.46. The Kier molecular flexibility index (Phi) is 5.77. The molecule has 1 aliphatic rings. The van der Waals surface area contributed by atoms with Gasteiger partial charge in [0.05, 0.1) is 17.4 Å². The lowest BCUT2D eigenvalue weighted by atomic mass is 9.75. The zero-order chi connectivity index (χ0) is 21.0. The molecular formula is C25H27N5. The van der Waals surface area contributed by atoms with Crippen LogP contribution in [0.3, 0.4) is 0 Å². The van der Waals surface area contributed by atoms with Crippen LogP contribution in [0.1, 0.15) is 27.9 Å². The van der Waals surface area contributed by atoms with Crippen molar-refractivity contribution < 1.29 is 0 Å². The number of fused-ring (bicyclic) bond motifs is 1. The van der Waals surface area contributed by atoms with Gasteiger partial charge in [-0.25, -0.2) is 0 Å². The third-order valence-corrected chi connectivity index (χ3v) is 5.90. The Morgan fingerprint density at radius 1 is 0.700 bits per heavy atom. The molecule has 0 amide bonds. The Labute approximate surface area is 177 Å². The molecule has 4 N–H and O–H groups in total. The quantitative estimate of drug-likeness (QED) is 0.314. The van der Waals surface area contributed by atoms with E-state index in [9.17, 15) is 0 Å². The molecule has 5 nitrogen and oxygen atoms in total. The summed E-state index contributed by atoms with van der Waals surface area (Å²) in [7, 11) is 2.04. The highest BCUT2D eigenvalue weighted by molar-refractivity contribution is 5.50. The van der Waals surface area contributed by atoms with Crippen molar-refractivity contribution in [3.63, 3.8) is 0 Å². The summed E-state index contributed by atoms with van der Waals surface area (Å²) < 4.78 is 2.01. The van der Waals surface area contributed by atoms with Gasteiger partial charge in [-0.1, -0.05) is 91.0 Å². The van der Waals surface area contributed by atoms with Gasteiger partial charge < -0.3 is 0 Å². The van der Waals surface area contributed by atoms with Crippen LogP contribution in [0.25, 0.3) is 0 Å². The SMILES string of the molecule is Cn1ncc2c1CN(C(c1ccccc1)(c1ccccc1)c1ccccc1)C2.NN. The van der Waals surface area contributed by atoms with Crippen molar-refractivity contribution in [2.24, 2.45) is 18.7 Å². The normalized spacial score (nSPS) is 13.4. The van der Waals surface area contributed by atoms with Gasteiger partial charge in [-0.3, -0.25) is 21.3 Å². The molecular weight excluding hydrogens is 370 g/mol. The van der Waals surface area contributed by atoms with E-state index in [0.717, 1.165) is 13.1 Å². The van der Waals surface area contributed by atoms with Crippen LogP contribution in [0.15, 0.2) is 97.2 Å². The van der Waals surface area contributed by atoms with Gasteiger partial charge in [-0.15, -0.1) is 0 Å². The van der Waals surface area contributed by atoms with Gasteiger partial charge in [-0.05, 0) is 16.7 Å². The number of nitrogens with two attached hydrogens (primary N) is 2. The summed E-state index contributed by atoms with van der Waals surface area (Å²) in [6, 6.07) is 32.6. The first-order valence-electron chi connectivity index (χ1n) is 10.0. The number of hydrazine groups is 1. The largest absolute Gasteiger partial charge is 0.276 e. The van der Waals surface area contributed by atoms with Crippen LogP contribution in [0.5, 0.6) is 0 Å². The third-order valence-electron chi connectivity index (χ3n) is 5.90. The molecule has 0 unspecified atom stereocenters. The Morgan fingerprint density at radius 2 is 1.13 bits per heavy atom. The van der Waals surface area contributed by atoms with Gasteiger partial charge in [0.15, 0.2) is 0 Å². The molecule has 1 aliphatic heterocycles. The Hall–Kier alpha value is -3.25. The summed E-state index contributed by atoms with van der Waals surface area (Å²) in [6.07, 6.45) is 2.01. The monoisotopic (exact) mass is 397 g/mol. The van der Waals surface area contributed by atoms with Crippen LogP contribution in [0, 0.1) is 0 Å². The number of hydrogen-bond acceptors (Lipinski definition) is 4. The summed E-state index contributed by atoms with van der Waals surface area (Å²) in [6.45, 7) is 1.74. The first-order valence-corrected chi connectivity index (χ1v) is 10.0. The van der Waals surface area contributed by atoms with E-state index in [1.54, 1.807) is 0 Å². The predicted molar refractivity (Wildman–Crippen MR) is 120 cm³/mol. The number of nitrogens with zero attached hydrogens (tertiary/aromatic N) is 3. The van der Waals surface area contributed by atoms with E-state index in [0.29, 0.717) is 0 Å². The molecule has 0 saturated carbocycles. The summed E-state index contributed by atoms with van der Waals surface area (Å²) >= 11 is 0. The molecule has 0 fully saturated rings. The van der Waals surface area contributed by atoms with Crippen LogP contribution in [0.4, 0.5) is 0 Å². The van der Waals surface area contributed by atoms with Crippen LogP contribution < -0.4 is 11.7 Å². The molecule has 2 heterocycles. The topological polar surface area (TPSA) is 73.1 Å². The van der Waals surface area contributed by atoms with Crippen LogP contribution in [0.2, 0.25) is 0 Å². The highest BCUT2D eigenvalue weighted by atomic mass is 15.3. The Morgan fingerprint density at radius 3 is 1.53 bits per heavy atom. The van der Waals surface area contributed by atoms with Gasteiger partial charge >= 0.3 is 0 Å². The van der Waals surface area contributed by atoms with E-state index < -0.39 is 0 Å². The Balaban J connectivity index is 0.00000106. The van der Waals surface area contributed by atoms with Crippen molar-refractivity contribution in [1.82, 2.24) is 14.7 Å². The smallest absolute Gasteiger partial charge is 0.0979 e. The van der Waals surface area contributed by atoms with Crippen molar-refractivity contribution in [2.75, 3.05) is 0 Å². The summed E-state index contributed by atoms with van der Waals surface area (Å²) in [5, 5.41) is 4.46. The van der Waals surface area contributed by atoms with Crippen LogP contribution >= 0.6 is 0 Å². The third kappa shape index (κ3) is 3.23. The molecule has 30 heavy (non-hydrogen) atoms. The van der Waals surface area contributed by atoms with E-state index in [4.69, 9.17) is 0 Å². The maximum atomic E-state index is 4.46. The fraction of sp³-hybridized carbons (Fsp3) is 0.160. The lowest BCUT2D eigenvalue weighted by Gasteiger charge is -2.43. The zero-order valence-electron chi connectivity index (χ0n) is 17.1. The molecule has 5 rings (SSSR count). The molecule has 152 valence electrons. The van der Waals surface area contributed by atoms with Crippen LogP contribution in [-0.2, 0) is 25.7 Å². The number of rotatable bonds is 4. The molecule has 4 aromatic rings. The highest BCUT2D eigenvalue weighted by Gasteiger charge is 2.44. The lowest BCUT2D eigenvalue weighted by Crippen LogP contribution is -2.45. The fourth-order valence-corrected chi connectivity index (χ4v) is 4.61. The molecule has 3 aromatic carbocycles. The standard InChI is InChI=1S/C25H23N3.H4N2/c1-27-24-19-28(18-20(24)17-26-27)25(21-11-5-2-6-12-21,22-13-7-3-8-14-22)23-15-9-4-10-16-23;1-2/h2-17H,18-19H2,1H3;1-2H2. The minimum absolute atomic E-state index is 0.358. The second-order valence-corrected chi connectivity index (χ2v) is 7.40. The van der Waals surface area contributed by atoms with E-state index >= 15 is 0 Å². The van der Waals surface area contributed by atoms with Crippen molar-refractivity contribution in [3.05, 3.63) is 125 Å². The van der Waals surface area contributed by atoms with Gasteiger partial charge in [0.2, 0.25) is 0 Å². The minimum Gasteiger partial charge on any atom is -0.276 e. The van der Waals surface area contributed by atoms with E-state index in [1.807, 2.05) is 17.9 Å². The number of aryl methyl sites for hydroxylation is 1. The molecule has 0 spiro atoms. The van der Waals surface area contributed by atoms with Crippen molar-refractivity contribution in [1.29, 1.82) is 0 Å². The first-order chi connectivity index (χ1) is 14.8. The first kappa shape index (κ1) is 20.0. The minimum atomic E-state index is -0.358. The molecule has 5 heteroatoms. The molecule has 1 aromatic heterocycles. The average Bonchev–Trinajstić information content (AvgIpc) is 3.40. The van der Waals surface area contributed by atoms with Gasteiger partial charge in [-0.2, -0.15) is 5.10 Å². The van der Waals surface area contributed by atoms with Gasteiger partial charge in [0, 0.05) is 25.7 Å². The lowest BCUT2D eigenvalue weighted by molar-refractivity contribution is 0.154. The maximum Gasteiger partial charge on any atom is 0.0979 e. The van der Waals surface area contributed by atoms with Crippen molar-refractivity contribution >= 4 is 0 Å². The highest BCUT2D eigenvalue weighted by Crippen LogP contribution is 2.45. The second-order valence-electron chi connectivity index (χ2n) is 7.40. The number of benzene rings is 3. The van der Waals surface area contributed by atoms with Crippen molar-refractivity contribution in [2.45, 2.75) is 18.6 Å². The van der Waals surface area contributed by atoms with Gasteiger partial charge in [0.25, 0.3) is 0 Å². The number of hydrogen-bond donors (Lipinski definition) is 2. The van der Waals surface area contributed by atoms with Crippen LogP contribution in [-0.4, -0.2) is 14.7 Å². The van der Waals surface area contributed by atoms with E-state index in [-0.39, 0.29) is 5.54 Å². The fourth-order valence-electron chi connectivity index (χ4n) is 4.61. The summed E-state index contributed by atoms with van der Waals surface area (Å²) in [5.74, 6) is 8.00. The molecule has 0 radical (unpaired) electrons. The molecule has 0 atom stereocenters. The average molecular weight is 398 g/mol. The molecule has 0 saturated heterocycles. The van der Waals surface area contributed by atoms with Crippen molar-refractivity contribution in [3.8, 4) is 0 Å². The molecule has 0 bridgehead atoms. The van der Waals surface area contributed by atoms with E-state index in [1.165, 1.54) is 27.9 Å². The second kappa shape index (κ2) is 8.63. The van der Waals surface area contributed by atoms with E-state index in [2.05, 4.69) is 113 Å². The Bertz CT molecular complexity index is 978. The predicted octanol–water partition coefficient (Wildman–Crippen LogP) is 3.55.